The fraction of sp³-hybridized carbons (Fsp3) is 0.917. The van der Waals surface area contributed by atoms with Crippen molar-refractivity contribution in [2.45, 2.75) is 45.6 Å². The summed E-state index contributed by atoms with van der Waals surface area (Å²) in [7, 11) is -8.80. The zero-order valence-electron chi connectivity index (χ0n) is 13.9. The van der Waals surface area contributed by atoms with Crippen LogP contribution in [0.4, 0.5) is 0 Å². The molecular weight excluding hydrogens is 350 g/mol. The van der Waals surface area contributed by atoms with Gasteiger partial charge < -0.3 is 28.3 Å². The van der Waals surface area contributed by atoms with Gasteiger partial charge in [0.2, 0.25) is 0 Å². The van der Waals surface area contributed by atoms with Crippen molar-refractivity contribution in [2.24, 2.45) is 0 Å². The maximum atomic E-state index is 13.0. The molecule has 2 N–H and O–H groups in total. The molecule has 0 heterocycles. The molecule has 0 unspecified atom stereocenters. The summed E-state index contributed by atoms with van der Waals surface area (Å²) in [5, 5.41) is 17.1. The highest BCUT2D eigenvalue weighted by molar-refractivity contribution is 7.73. The van der Waals surface area contributed by atoms with Crippen LogP contribution in [-0.4, -0.2) is 47.7 Å². The second-order valence-corrected chi connectivity index (χ2v) is 9.19. The van der Waals surface area contributed by atoms with Crippen molar-refractivity contribution in [3.8, 4) is 0 Å². The van der Waals surface area contributed by atoms with Crippen LogP contribution >= 0.6 is 15.2 Å². The zero-order chi connectivity index (χ0) is 18.1. The third-order valence-electron chi connectivity index (χ3n) is 2.75. The van der Waals surface area contributed by atoms with Gasteiger partial charge in [-0.25, -0.2) is 0 Å². The van der Waals surface area contributed by atoms with E-state index in [9.17, 15) is 19.0 Å². The van der Waals surface area contributed by atoms with E-state index in [0.29, 0.717) is 0 Å². The summed E-state index contributed by atoms with van der Waals surface area (Å²) in [6, 6.07) is 0. The minimum Gasteiger partial charge on any atom is -0.481 e. The first-order valence-electron chi connectivity index (χ1n) is 7.38. The van der Waals surface area contributed by atoms with E-state index in [-0.39, 0.29) is 26.4 Å². The molecule has 0 radical (unpaired) electrons. The third-order valence-corrected chi connectivity index (χ3v) is 8.81. The van der Waals surface area contributed by atoms with Gasteiger partial charge >= 0.3 is 21.2 Å². The molecule has 0 saturated carbocycles. The number of carboxylic acids is 1. The van der Waals surface area contributed by atoms with Crippen molar-refractivity contribution in [2.75, 3.05) is 26.4 Å². The van der Waals surface area contributed by atoms with E-state index >= 15 is 0 Å². The van der Waals surface area contributed by atoms with Crippen LogP contribution in [0.25, 0.3) is 0 Å². The van der Waals surface area contributed by atoms with Crippen LogP contribution in [0.5, 0.6) is 0 Å². The van der Waals surface area contributed by atoms with E-state index < -0.39 is 39.1 Å². The first-order valence-corrected chi connectivity index (χ1v) is 10.5. The lowest BCUT2D eigenvalue weighted by molar-refractivity contribution is -0.137. The van der Waals surface area contributed by atoms with Crippen molar-refractivity contribution in [1.29, 1.82) is 0 Å². The monoisotopic (exact) mass is 376 g/mol. The second-order valence-electron chi connectivity index (χ2n) is 4.33. The first-order chi connectivity index (χ1) is 10.7. The van der Waals surface area contributed by atoms with Gasteiger partial charge in [-0.3, -0.25) is 13.9 Å². The lowest BCUT2D eigenvalue weighted by Gasteiger charge is -2.38. The Labute approximate surface area is 136 Å². The average molecular weight is 376 g/mol. The summed E-state index contributed by atoms with van der Waals surface area (Å²) in [5.74, 6) is -1.28. The van der Waals surface area contributed by atoms with Gasteiger partial charge in [0.1, 0.15) is 0 Å². The van der Waals surface area contributed by atoms with Crippen LogP contribution in [0.3, 0.4) is 0 Å². The Hall–Kier alpha value is -0.270. The summed E-state index contributed by atoms with van der Waals surface area (Å²) in [5.41, 5.74) is 0. The summed E-state index contributed by atoms with van der Waals surface area (Å²) >= 11 is 0. The van der Waals surface area contributed by atoms with Crippen LogP contribution in [0, 0.1) is 0 Å². The van der Waals surface area contributed by atoms with Crippen molar-refractivity contribution in [3.05, 3.63) is 0 Å². The molecule has 9 nitrogen and oxygen atoms in total. The minimum absolute atomic E-state index is 0.106. The van der Waals surface area contributed by atoms with Crippen molar-refractivity contribution in [3.63, 3.8) is 0 Å². The summed E-state index contributed by atoms with van der Waals surface area (Å²) in [4.78, 5) is 10.9. The van der Waals surface area contributed by atoms with Gasteiger partial charge in [0.25, 0.3) is 5.08 Å². The summed E-state index contributed by atoms with van der Waals surface area (Å²) < 4.78 is 46.3. The van der Waals surface area contributed by atoms with Gasteiger partial charge in [-0.2, -0.15) is 0 Å². The third kappa shape index (κ3) is 5.36. The molecule has 0 aliphatic carbocycles. The minimum atomic E-state index is -4.40. The van der Waals surface area contributed by atoms with Gasteiger partial charge in [-0.15, -0.1) is 0 Å². The lowest BCUT2D eigenvalue weighted by atomic mass is 10.3. The Morgan fingerprint density at radius 1 is 0.870 bits per heavy atom. The number of aliphatic hydroxyl groups is 1. The molecule has 0 amide bonds. The highest BCUT2D eigenvalue weighted by Crippen LogP contribution is 2.78. The molecular formula is C12H26O9P2. The molecule has 138 valence electrons. The highest BCUT2D eigenvalue weighted by atomic mass is 31.2. The molecule has 0 atom stereocenters. The fourth-order valence-corrected chi connectivity index (χ4v) is 6.87. The number of carbonyl (C=O) groups is 1. The second kappa shape index (κ2) is 9.89. The number of carboxylic acid groups (broad SMARTS) is 1. The molecule has 0 spiro atoms. The van der Waals surface area contributed by atoms with Crippen LogP contribution in [0.1, 0.15) is 40.5 Å². The fourth-order valence-electron chi connectivity index (χ4n) is 1.87. The Kier molecular flexibility index (Phi) is 9.77. The quantitative estimate of drug-likeness (QED) is 0.466. The molecule has 0 bridgehead atoms. The van der Waals surface area contributed by atoms with Crippen LogP contribution in [-0.2, 0) is 32.0 Å². The Morgan fingerprint density at radius 2 is 1.17 bits per heavy atom. The number of hydrogen-bond acceptors (Lipinski definition) is 8. The molecule has 0 saturated heterocycles. The molecule has 23 heavy (non-hydrogen) atoms. The SMILES string of the molecule is CCOP(=O)(OCC)C(O)(CCC(=O)O)P(=O)(OCC)OCC. The van der Waals surface area contributed by atoms with Gasteiger partial charge in [-0.05, 0) is 27.7 Å². The molecule has 0 aliphatic heterocycles. The normalized spacial score (nSPS) is 13.3. The Morgan fingerprint density at radius 3 is 1.39 bits per heavy atom. The zero-order valence-corrected chi connectivity index (χ0v) is 15.7. The molecule has 0 fully saturated rings. The van der Waals surface area contributed by atoms with E-state index in [2.05, 4.69) is 0 Å². The maximum absolute atomic E-state index is 13.0. The van der Waals surface area contributed by atoms with Gasteiger partial charge in [0, 0.05) is 12.8 Å². The van der Waals surface area contributed by atoms with E-state index in [0.717, 1.165) is 0 Å². The van der Waals surface area contributed by atoms with Crippen LogP contribution < -0.4 is 0 Å². The van der Waals surface area contributed by atoms with Crippen molar-refractivity contribution in [1.82, 2.24) is 0 Å². The molecule has 0 aromatic carbocycles. The van der Waals surface area contributed by atoms with Crippen molar-refractivity contribution >= 4 is 21.2 Å². The lowest BCUT2D eigenvalue weighted by Crippen LogP contribution is -2.34. The van der Waals surface area contributed by atoms with E-state index in [1.165, 1.54) is 27.7 Å². The van der Waals surface area contributed by atoms with Crippen LogP contribution in [0.15, 0.2) is 0 Å². The topological polar surface area (TPSA) is 129 Å². The van der Waals surface area contributed by atoms with E-state index in [1.54, 1.807) is 0 Å². The van der Waals surface area contributed by atoms with Crippen LogP contribution in [0.2, 0.25) is 0 Å². The number of rotatable bonds is 13. The Balaban J connectivity index is 6.09. The van der Waals surface area contributed by atoms with Gasteiger partial charge in [0.05, 0.1) is 26.4 Å². The first kappa shape index (κ1) is 22.7. The number of hydrogen-bond donors (Lipinski definition) is 2. The van der Waals surface area contributed by atoms with Crippen molar-refractivity contribution < 1.29 is 42.2 Å². The predicted octanol–water partition coefficient (Wildman–Crippen LogP) is 3.03. The van der Waals surface area contributed by atoms with E-state index in [4.69, 9.17) is 23.2 Å². The smallest absolute Gasteiger partial charge is 0.374 e. The molecule has 0 aromatic rings. The molecule has 0 aromatic heterocycles. The molecule has 0 aliphatic rings. The Bertz CT molecular complexity index is 415. The molecule has 0 rings (SSSR count). The van der Waals surface area contributed by atoms with Gasteiger partial charge in [0.15, 0.2) is 0 Å². The van der Waals surface area contributed by atoms with Gasteiger partial charge in [-0.1, -0.05) is 0 Å². The molecule has 11 heteroatoms. The maximum Gasteiger partial charge on any atom is 0.374 e. The predicted molar refractivity (Wildman–Crippen MR) is 83.5 cm³/mol. The van der Waals surface area contributed by atoms with E-state index in [1.807, 2.05) is 0 Å². The standard InChI is InChI=1S/C12H26O9P2/c1-5-18-22(16,19-6-2)12(15,10-9-11(13)14)23(17,20-7-3)21-8-4/h15H,5-10H2,1-4H3,(H,13,14). The average Bonchev–Trinajstić information content (AvgIpc) is 2.45. The summed E-state index contributed by atoms with van der Waals surface area (Å²) in [6.07, 6.45) is -1.29. The largest absolute Gasteiger partial charge is 0.481 e. The highest BCUT2D eigenvalue weighted by Gasteiger charge is 2.64. The summed E-state index contributed by atoms with van der Waals surface area (Å²) in [6.45, 7) is 5.61. The number of aliphatic carboxylic acids is 1.